The topological polar surface area (TPSA) is 134 Å². The summed E-state index contributed by atoms with van der Waals surface area (Å²) in [5.74, 6) is -0.849. The Labute approximate surface area is 472 Å². The molecule has 3 N–H and O–H groups in total. The third-order valence-electron chi connectivity index (χ3n) is 12.5. The predicted molar refractivity (Wildman–Crippen MR) is 330 cm³/mol. The van der Waals surface area contributed by atoms with Crippen LogP contribution in [0.4, 0.5) is 0 Å². The van der Waals surface area contributed by atoms with E-state index >= 15 is 0 Å². The normalized spacial score (nSPS) is 14.0. The Morgan fingerprint density at radius 2 is 0.675 bits per heavy atom. The van der Waals surface area contributed by atoms with Crippen molar-refractivity contribution in [2.75, 3.05) is 26.4 Å². The number of hydrogen-bond acceptors (Lipinski definition) is 8. The number of rotatable bonds is 56. The molecule has 0 spiro atoms. The summed E-state index contributed by atoms with van der Waals surface area (Å²) in [6.07, 6.45) is 86.5. The van der Waals surface area contributed by atoms with Gasteiger partial charge in [0.25, 0.3) is 0 Å². The van der Waals surface area contributed by atoms with Crippen LogP contribution < -0.4 is 5.73 Å². The van der Waals surface area contributed by atoms with E-state index in [9.17, 15) is 19.0 Å². The quantitative estimate of drug-likeness (QED) is 0.0264. The van der Waals surface area contributed by atoms with Crippen LogP contribution in [0.25, 0.3) is 0 Å². The van der Waals surface area contributed by atoms with Crippen LogP contribution in [0.1, 0.15) is 245 Å². The van der Waals surface area contributed by atoms with E-state index in [1.807, 2.05) is 0 Å². The summed E-state index contributed by atoms with van der Waals surface area (Å²) in [6, 6.07) is 0. The molecule has 0 fully saturated rings. The van der Waals surface area contributed by atoms with Gasteiger partial charge in [0.2, 0.25) is 0 Å². The largest absolute Gasteiger partial charge is 0.472 e. The molecule has 438 valence electrons. The molecule has 0 aliphatic heterocycles. The first kappa shape index (κ1) is 73.2. The highest BCUT2D eigenvalue weighted by atomic mass is 31.2. The minimum absolute atomic E-state index is 0.0443. The molecule has 9 nitrogen and oxygen atoms in total. The van der Waals surface area contributed by atoms with Crippen LogP contribution in [0.2, 0.25) is 0 Å². The summed E-state index contributed by atoms with van der Waals surface area (Å²) in [5, 5.41) is 0. The Hall–Kier alpha value is -3.85. The Bertz CT molecular complexity index is 1720. The van der Waals surface area contributed by atoms with Gasteiger partial charge < -0.3 is 20.1 Å². The summed E-state index contributed by atoms with van der Waals surface area (Å²) in [6.45, 7) is 3.50. The molecule has 0 aromatic rings. The van der Waals surface area contributed by atoms with Crippen molar-refractivity contribution in [3.05, 3.63) is 134 Å². The Kier molecular flexibility index (Phi) is 58.3. The fourth-order valence-electron chi connectivity index (χ4n) is 8.08. The number of esters is 2. The maximum absolute atomic E-state index is 12.7. The zero-order valence-electron chi connectivity index (χ0n) is 48.9. The Morgan fingerprint density at radius 3 is 1.00 bits per heavy atom. The van der Waals surface area contributed by atoms with Gasteiger partial charge in [-0.25, -0.2) is 4.57 Å². The first-order chi connectivity index (χ1) is 37.8. The van der Waals surface area contributed by atoms with Gasteiger partial charge in [-0.05, 0) is 109 Å². The Balaban J connectivity index is 3.99. The van der Waals surface area contributed by atoms with Crippen LogP contribution >= 0.6 is 7.82 Å². The van der Waals surface area contributed by atoms with E-state index in [0.717, 1.165) is 128 Å². The number of phosphoric ester groups is 1. The number of unbranched alkanes of at least 4 members (excludes halogenated alkanes) is 21. The van der Waals surface area contributed by atoms with Crippen molar-refractivity contribution in [2.45, 2.75) is 251 Å². The minimum atomic E-state index is -4.40. The molecule has 0 rings (SSSR count). The lowest BCUT2D eigenvalue weighted by atomic mass is 10.0. The smallest absolute Gasteiger partial charge is 0.462 e. The third-order valence-corrected chi connectivity index (χ3v) is 13.5. The van der Waals surface area contributed by atoms with Gasteiger partial charge in [-0.15, -0.1) is 0 Å². The second kappa shape index (κ2) is 61.4. The number of carbonyl (C=O) groups excluding carboxylic acids is 2. The molecular formula is C67H112NO8P. The zero-order valence-corrected chi connectivity index (χ0v) is 49.8. The summed E-state index contributed by atoms with van der Waals surface area (Å²) < 4.78 is 33.1. The standard InChI is InChI=1S/C67H112NO8P/c1-3-5-7-9-11-13-15-17-19-21-23-25-27-29-30-31-32-33-34-36-37-39-41-43-45-47-49-51-53-55-57-59-66(69)73-63-65(64-75-77(71,72)74-62-61-68)76-67(70)60-58-56-54-52-50-48-46-44-42-40-38-35-28-26-24-22-20-18-16-14-12-10-8-6-4-2/h5-8,11-14,17-20,23-26,29-30,35,38,42,44,65H,3-4,9-10,15-16,21-22,27-28,31-34,36-37,39-41,43,45-64,68H2,1-2H3,(H,71,72)/b7-5-,8-6-,13-11-,14-12-,19-17-,20-18-,25-23-,26-24-,30-29-,38-35-,44-42-. The third kappa shape index (κ3) is 61.2. The Morgan fingerprint density at radius 1 is 0.390 bits per heavy atom. The first-order valence-electron chi connectivity index (χ1n) is 30.7. The minimum Gasteiger partial charge on any atom is -0.462 e. The van der Waals surface area contributed by atoms with E-state index in [1.165, 1.54) is 83.5 Å². The second-order valence-electron chi connectivity index (χ2n) is 19.8. The molecule has 0 amide bonds. The van der Waals surface area contributed by atoms with Gasteiger partial charge in [0.05, 0.1) is 13.2 Å². The van der Waals surface area contributed by atoms with Crippen molar-refractivity contribution in [3.63, 3.8) is 0 Å². The van der Waals surface area contributed by atoms with Crippen LogP contribution in [0.5, 0.6) is 0 Å². The average molecular weight is 1090 g/mol. The lowest BCUT2D eigenvalue weighted by molar-refractivity contribution is -0.161. The highest BCUT2D eigenvalue weighted by Gasteiger charge is 2.26. The van der Waals surface area contributed by atoms with Crippen LogP contribution in [0, 0.1) is 0 Å². The van der Waals surface area contributed by atoms with E-state index in [-0.39, 0.29) is 38.6 Å². The molecule has 2 atom stereocenters. The van der Waals surface area contributed by atoms with E-state index in [2.05, 4.69) is 148 Å². The van der Waals surface area contributed by atoms with Crippen molar-refractivity contribution < 1.29 is 37.6 Å². The fraction of sp³-hybridized carbons (Fsp3) is 0.642. The first-order valence-corrected chi connectivity index (χ1v) is 32.2. The molecule has 0 aromatic carbocycles. The average Bonchev–Trinajstić information content (AvgIpc) is 3.42. The van der Waals surface area contributed by atoms with E-state index < -0.39 is 26.5 Å². The molecule has 0 aliphatic carbocycles. The molecule has 0 aromatic heterocycles. The SMILES string of the molecule is CC/C=C\C/C=C\C/C=C\C/C=C\C/C=C\C/C=C\CCCCCCCCC(=O)OC(COC(=O)CCCCCCCCCCCCCCCCC/C=C\C/C=C\C/C=C\C/C=C\C/C=C\CC)COP(=O)(O)OCCN. The number of hydrogen-bond donors (Lipinski definition) is 2. The molecule has 10 heteroatoms. The lowest BCUT2D eigenvalue weighted by Gasteiger charge is -2.19. The summed E-state index contributed by atoms with van der Waals surface area (Å²) in [4.78, 5) is 35.3. The van der Waals surface area contributed by atoms with Gasteiger partial charge >= 0.3 is 19.8 Å². The van der Waals surface area contributed by atoms with Gasteiger partial charge in [0, 0.05) is 19.4 Å². The van der Waals surface area contributed by atoms with Gasteiger partial charge in [0.15, 0.2) is 6.10 Å². The van der Waals surface area contributed by atoms with Gasteiger partial charge in [0.1, 0.15) is 6.61 Å². The summed E-state index contributed by atoms with van der Waals surface area (Å²) in [7, 11) is -4.40. The van der Waals surface area contributed by atoms with Gasteiger partial charge in [-0.3, -0.25) is 18.6 Å². The van der Waals surface area contributed by atoms with E-state index in [1.54, 1.807) is 0 Å². The molecule has 2 unspecified atom stereocenters. The molecule has 0 saturated carbocycles. The second-order valence-corrected chi connectivity index (χ2v) is 21.3. The van der Waals surface area contributed by atoms with E-state index in [4.69, 9.17) is 24.3 Å². The van der Waals surface area contributed by atoms with Gasteiger partial charge in [-0.1, -0.05) is 257 Å². The molecule has 0 saturated heterocycles. The van der Waals surface area contributed by atoms with Gasteiger partial charge in [-0.2, -0.15) is 0 Å². The highest BCUT2D eigenvalue weighted by Crippen LogP contribution is 2.43. The predicted octanol–water partition coefficient (Wildman–Crippen LogP) is 19.7. The van der Waals surface area contributed by atoms with Crippen molar-refractivity contribution in [1.82, 2.24) is 0 Å². The number of phosphoric acid groups is 1. The van der Waals surface area contributed by atoms with Crippen LogP contribution in [0.3, 0.4) is 0 Å². The van der Waals surface area contributed by atoms with Crippen molar-refractivity contribution >= 4 is 19.8 Å². The van der Waals surface area contributed by atoms with Crippen LogP contribution in [0.15, 0.2) is 134 Å². The highest BCUT2D eigenvalue weighted by molar-refractivity contribution is 7.47. The molecule has 0 aliphatic rings. The maximum atomic E-state index is 12.7. The molecule has 0 heterocycles. The number of nitrogens with two attached hydrogens (primary N) is 1. The van der Waals surface area contributed by atoms with Crippen LogP contribution in [-0.2, 0) is 32.7 Å². The molecule has 77 heavy (non-hydrogen) atoms. The molecule has 0 radical (unpaired) electrons. The summed E-state index contributed by atoms with van der Waals surface area (Å²) in [5.41, 5.74) is 5.39. The fourth-order valence-corrected chi connectivity index (χ4v) is 8.84. The van der Waals surface area contributed by atoms with Crippen molar-refractivity contribution in [2.24, 2.45) is 5.73 Å². The number of carbonyl (C=O) groups is 2. The molecular weight excluding hydrogens is 978 g/mol. The zero-order chi connectivity index (χ0) is 55.9. The molecule has 0 bridgehead atoms. The maximum Gasteiger partial charge on any atom is 0.472 e. The van der Waals surface area contributed by atoms with Crippen LogP contribution in [-0.4, -0.2) is 49.3 Å². The monoisotopic (exact) mass is 1090 g/mol. The van der Waals surface area contributed by atoms with Crippen molar-refractivity contribution in [3.8, 4) is 0 Å². The number of ether oxygens (including phenoxy) is 2. The van der Waals surface area contributed by atoms with Crippen molar-refractivity contribution in [1.29, 1.82) is 0 Å². The van der Waals surface area contributed by atoms with E-state index in [0.29, 0.717) is 6.42 Å². The lowest BCUT2D eigenvalue weighted by Crippen LogP contribution is -2.29. The number of allylic oxidation sites excluding steroid dienone is 22. The summed E-state index contributed by atoms with van der Waals surface area (Å²) >= 11 is 0.